The summed E-state index contributed by atoms with van der Waals surface area (Å²) in [6.45, 7) is 8.45. The summed E-state index contributed by atoms with van der Waals surface area (Å²) in [4.78, 5) is 51.4. The van der Waals surface area contributed by atoms with Crippen LogP contribution in [0.1, 0.15) is 37.6 Å². The minimum atomic E-state index is -0.955. The summed E-state index contributed by atoms with van der Waals surface area (Å²) in [7, 11) is 1.23. The molecule has 0 spiro atoms. The number of aryl methyl sites for hydroxylation is 1. The number of aromatic amines is 1. The van der Waals surface area contributed by atoms with Crippen molar-refractivity contribution in [1.82, 2.24) is 14.9 Å². The molecule has 0 bridgehead atoms. The third kappa shape index (κ3) is 5.59. The second-order valence-electron chi connectivity index (χ2n) is 7.91. The van der Waals surface area contributed by atoms with Gasteiger partial charge in [0.2, 0.25) is 0 Å². The van der Waals surface area contributed by atoms with Gasteiger partial charge in [0.1, 0.15) is 11.6 Å². The number of carbonyl (C=O) groups excluding carboxylic acids is 2. The topological polar surface area (TPSA) is 119 Å². The number of alkyl carbamates (subject to hydrolysis) is 1. The third-order valence-corrected chi connectivity index (χ3v) is 4.39. The first kappa shape index (κ1) is 22.9. The van der Waals surface area contributed by atoms with Crippen LogP contribution in [-0.2, 0) is 20.7 Å². The number of nitrogens with one attached hydrogen (secondary N) is 2. The average Bonchev–Trinajstić information content (AvgIpc) is 2.65. The van der Waals surface area contributed by atoms with E-state index in [4.69, 9.17) is 9.47 Å². The molecule has 30 heavy (non-hydrogen) atoms. The predicted octanol–water partition coefficient (Wildman–Crippen LogP) is 1.75. The molecule has 9 heteroatoms. The maximum absolute atomic E-state index is 12.5. The van der Waals surface area contributed by atoms with Crippen molar-refractivity contribution in [3.63, 3.8) is 0 Å². The molecular weight excluding hydrogens is 390 g/mol. The molecule has 9 nitrogen and oxygen atoms in total. The average molecular weight is 417 g/mol. The number of nitrogens with zero attached hydrogens (tertiary/aromatic N) is 1. The van der Waals surface area contributed by atoms with Gasteiger partial charge >= 0.3 is 17.8 Å². The standard InChI is InChI=1S/C21H27N3O6/c1-12-13(2)22-19(27)24(17(12)25)15-9-7-14(8-10-15)11-16(18(26)29-6)23-20(28)30-21(3,4)5/h7-10,16H,11H2,1-6H3,(H,22,27)(H,23,28). The van der Waals surface area contributed by atoms with Crippen molar-refractivity contribution in [2.75, 3.05) is 7.11 Å². The van der Waals surface area contributed by atoms with Crippen LogP contribution in [0.15, 0.2) is 33.9 Å². The van der Waals surface area contributed by atoms with Crippen LogP contribution in [0.2, 0.25) is 0 Å². The smallest absolute Gasteiger partial charge is 0.408 e. The highest BCUT2D eigenvalue weighted by Gasteiger charge is 2.25. The predicted molar refractivity (Wildman–Crippen MR) is 111 cm³/mol. The van der Waals surface area contributed by atoms with Crippen LogP contribution in [0.5, 0.6) is 0 Å². The van der Waals surface area contributed by atoms with E-state index in [1.54, 1.807) is 58.9 Å². The zero-order valence-corrected chi connectivity index (χ0v) is 18.0. The maximum atomic E-state index is 12.5. The van der Waals surface area contributed by atoms with Crippen LogP contribution in [-0.4, -0.2) is 40.4 Å². The molecule has 0 aliphatic rings. The fourth-order valence-electron chi connectivity index (χ4n) is 2.77. The number of methoxy groups -OCH3 is 1. The van der Waals surface area contributed by atoms with Gasteiger partial charge in [0.25, 0.3) is 5.56 Å². The minimum absolute atomic E-state index is 0.143. The Kier molecular flexibility index (Phi) is 6.86. The van der Waals surface area contributed by atoms with Gasteiger partial charge < -0.3 is 19.8 Å². The molecule has 1 heterocycles. The molecule has 1 atom stereocenters. The van der Waals surface area contributed by atoms with Gasteiger partial charge in [-0.3, -0.25) is 4.79 Å². The molecular formula is C21H27N3O6. The second-order valence-corrected chi connectivity index (χ2v) is 7.91. The Labute approximate surface area is 174 Å². The zero-order chi connectivity index (χ0) is 22.6. The summed E-state index contributed by atoms with van der Waals surface area (Å²) in [5.41, 5.74) is 0.413. The molecule has 0 fully saturated rings. The van der Waals surface area contributed by atoms with Crippen LogP contribution < -0.4 is 16.6 Å². The van der Waals surface area contributed by atoms with E-state index in [-0.39, 0.29) is 6.42 Å². The van der Waals surface area contributed by atoms with Crippen molar-refractivity contribution in [3.05, 3.63) is 61.9 Å². The Bertz CT molecular complexity index is 1040. The molecule has 1 aromatic carbocycles. The summed E-state index contributed by atoms with van der Waals surface area (Å²) < 4.78 is 11.0. The first-order valence-electron chi connectivity index (χ1n) is 9.42. The Morgan fingerprint density at radius 2 is 1.73 bits per heavy atom. The summed E-state index contributed by atoms with van der Waals surface area (Å²) in [6, 6.07) is 5.58. The summed E-state index contributed by atoms with van der Waals surface area (Å²) in [5.74, 6) is -0.619. The monoisotopic (exact) mass is 417 g/mol. The highest BCUT2D eigenvalue weighted by Crippen LogP contribution is 2.12. The molecule has 0 saturated carbocycles. The maximum Gasteiger partial charge on any atom is 0.408 e. The van der Waals surface area contributed by atoms with Crippen molar-refractivity contribution in [3.8, 4) is 5.69 Å². The second kappa shape index (κ2) is 8.98. The third-order valence-electron chi connectivity index (χ3n) is 4.39. The molecule has 162 valence electrons. The van der Waals surface area contributed by atoms with Gasteiger partial charge in [-0.15, -0.1) is 0 Å². The Hall–Kier alpha value is -3.36. The lowest BCUT2D eigenvalue weighted by atomic mass is 10.1. The number of ether oxygens (including phenoxy) is 2. The number of H-pyrrole nitrogens is 1. The van der Waals surface area contributed by atoms with E-state index in [0.29, 0.717) is 22.5 Å². The first-order valence-corrected chi connectivity index (χ1v) is 9.42. The fraction of sp³-hybridized carbons (Fsp3) is 0.429. The Balaban J connectivity index is 2.25. The molecule has 1 amide bonds. The molecule has 0 aliphatic carbocycles. The normalized spacial score (nSPS) is 12.2. The molecule has 0 saturated heterocycles. The van der Waals surface area contributed by atoms with E-state index in [2.05, 4.69) is 10.3 Å². The van der Waals surface area contributed by atoms with E-state index in [0.717, 1.165) is 4.57 Å². The van der Waals surface area contributed by atoms with Gasteiger partial charge in [0, 0.05) is 17.7 Å². The van der Waals surface area contributed by atoms with Crippen LogP contribution in [0.25, 0.3) is 5.69 Å². The fourth-order valence-corrected chi connectivity index (χ4v) is 2.77. The van der Waals surface area contributed by atoms with E-state index in [1.807, 2.05) is 0 Å². The Morgan fingerprint density at radius 1 is 1.13 bits per heavy atom. The van der Waals surface area contributed by atoms with Crippen molar-refractivity contribution in [2.24, 2.45) is 0 Å². The van der Waals surface area contributed by atoms with E-state index < -0.39 is 35.0 Å². The number of hydrogen-bond acceptors (Lipinski definition) is 6. The van der Waals surface area contributed by atoms with Gasteiger partial charge in [-0.25, -0.2) is 19.0 Å². The molecule has 2 N–H and O–H groups in total. The number of carbonyl (C=O) groups is 2. The van der Waals surface area contributed by atoms with E-state index in [9.17, 15) is 19.2 Å². The van der Waals surface area contributed by atoms with Crippen LogP contribution in [0.4, 0.5) is 4.79 Å². The highest BCUT2D eigenvalue weighted by atomic mass is 16.6. The van der Waals surface area contributed by atoms with Gasteiger partial charge in [-0.05, 0) is 52.3 Å². The number of benzene rings is 1. The van der Waals surface area contributed by atoms with E-state index >= 15 is 0 Å². The number of hydrogen-bond donors (Lipinski definition) is 2. The van der Waals surface area contributed by atoms with Gasteiger partial charge in [0.15, 0.2) is 0 Å². The molecule has 2 aromatic rings. The highest BCUT2D eigenvalue weighted by molar-refractivity contribution is 5.81. The first-order chi connectivity index (χ1) is 13.9. The van der Waals surface area contributed by atoms with Crippen LogP contribution in [0, 0.1) is 13.8 Å². The number of rotatable bonds is 5. The van der Waals surface area contributed by atoms with Crippen molar-refractivity contribution < 1.29 is 19.1 Å². The lowest BCUT2D eigenvalue weighted by Crippen LogP contribution is -2.45. The lowest BCUT2D eigenvalue weighted by molar-refractivity contribution is -0.143. The Morgan fingerprint density at radius 3 is 2.27 bits per heavy atom. The van der Waals surface area contributed by atoms with Gasteiger partial charge in [0.05, 0.1) is 12.8 Å². The van der Waals surface area contributed by atoms with E-state index in [1.165, 1.54) is 7.11 Å². The molecule has 1 aromatic heterocycles. The molecule has 1 unspecified atom stereocenters. The SMILES string of the molecule is COC(=O)C(Cc1ccc(-n2c(=O)[nH]c(C)c(C)c2=O)cc1)NC(=O)OC(C)(C)C. The van der Waals surface area contributed by atoms with Crippen LogP contribution >= 0.6 is 0 Å². The van der Waals surface area contributed by atoms with Crippen molar-refractivity contribution in [1.29, 1.82) is 0 Å². The minimum Gasteiger partial charge on any atom is -0.467 e. The van der Waals surface area contributed by atoms with Crippen LogP contribution in [0.3, 0.4) is 0 Å². The van der Waals surface area contributed by atoms with Crippen molar-refractivity contribution in [2.45, 2.75) is 52.7 Å². The lowest BCUT2D eigenvalue weighted by Gasteiger charge is -2.22. The molecule has 0 radical (unpaired) electrons. The van der Waals surface area contributed by atoms with Crippen molar-refractivity contribution >= 4 is 12.1 Å². The number of amides is 1. The quantitative estimate of drug-likeness (QED) is 0.716. The van der Waals surface area contributed by atoms with Gasteiger partial charge in [-0.1, -0.05) is 12.1 Å². The number of esters is 1. The molecule has 0 aliphatic heterocycles. The summed E-state index contributed by atoms with van der Waals surface area (Å²) in [6.07, 6.45) is -0.590. The largest absolute Gasteiger partial charge is 0.467 e. The summed E-state index contributed by atoms with van der Waals surface area (Å²) >= 11 is 0. The zero-order valence-electron chi connectivity index (χ0n) is 18.0. The van der Waals surface area contributed by atoms with Gasteiger partial charge in [-0.2, -0.15) is 0 Å². The number of aromatic nitrogens is 2. The summed E-state index contributed by atoms with van der Waals surface area (Å²) in [5, 5.41) is 2.51. The molecule has 2 rings (SSSR count).